The zero-order chi connectivity index (χ0) is 18.2. The molecular formula is C17H19N3O5. The molecule has 0 aromatic heterocycles. The molecule has 0 aliphatic heterocycles. The number of nitrogens with zero attached hydrogens (tertiary/aromatic N) is 1. The first kappa shape index (κ1) is 18.1. The first-order valence-electron chi connectivity index (χ1n) is 7.53. The van der Waals surface area contributed by atoms with Gasteiger partial charge in [0.2, 0.25) is 0 Å². The number of carbonyl (C=O) groups excluding carboxylic acids is 1. The quantitative estimate of drug-likeness (QED) is 0.433. The molecule has 1 amide bonds. The summed E-state index contributed by atoms with van der Waals surface area (Å²) in [6.07, 6.45) is 0. The number of hydrogen-bond acceptors (Lipinski definition) is 6. The molecule has 0 aliphatic rings. The van der Waals surface area contributed by atoms with Crippen LogP contribution in [0.3, 0.4) is 0 Å². The number of non-ortho nitro benzene ring substituents is 1. The number of amides is 1. The standard InChI is InChI=1S/C17H19N3O5/c1-24-14-7-8-15(16(11-14)25-2)17(21)19-10-9-18-12-3-5-13(6-4-12)20(22)23/h3-8,11,18H,9-10H2,1-2H3,(H,19,21). The Morgan fingerprint density at radius 1 is 1.08 bits per heavy atom. The van der Waals surface area contributed by atoms with Gasteiger partial charge >= 0.3 is 0 Å². The molecule has 0 fully saturated rings. The Morgan fingerprint density at radius 3 is 2.40 bits per heavy atom. The molecule has 2 aromatic rings. The number of hydrogen-bond donors (Lipinski definition) is 2. The van der Waals surface area contributed by atoms with Crippen molar-refractivity contribution in [1.82, 2.24) is 5.32 Å². The van der Waals surface area contributed by atoms with Crippen LogP contribution in [0.1, 0.15) is 10.4 Å². The van der Waals surface area contributed by atoms with Crippen LogP contribution in [0.2, 0.25) is 0 Å². The second kappa shape index (κ2) is 8.53. The fourth-order valence-corrected chi connectivity index (χ4v) is 2.17. The van der Waals surface area contributed by atoms with Crippen LogP contribution >= 0.6 is 0 Å². The van der Waals surface area contributed by atoms with Crippen LogP contribution in [0, 0.1) is 10.1 Å². The number of carbonyl (C=O) groups is 1. The molecule has 8 heteroatoms. The number of rotatable bonds is 8. The SMILES string of the molecule is COc1ccc(C(=O)NCCNc2ccc([N+](=O)[O-])cc2)c(OC)c1. The molecule has 0 spiro atoms. The monoisotopic (exact) mass is 345 g/mol. The van der Waals surface area contributed by atoms with Crippen molar-refractivity contribution in [2.45, 2.75) is 0 Å². The predicted molar refractivity (Wildman–Crippen MR) is 93.5 cm³/mol. The van der Waals surface area contributed by atoms with Crippen molar-refractivity contribution in [3.8, 4) is 11.5 Å². The summed E-state index contributed by atoms with van der Waals surface area (Å²) in [5, 5.41) is 16.5. The second-order valence-electron chi connectivity index (χ2n) is 5.05. The number of nitrogens with one attached hydrogen (secondary N) is 2. The first-order valence-corrected chi connectivity index (χ1v) is 7.53. The minimum atomic E-state index is -0.452. The molecule has 0 saturated heterocycles. The van der Waals surface area contributed by atoms with Gasteiger partial charge in [0.1, 0.15) is 11.5 Å². The summed E-state index contributed by atoms with van der Waals surface area (Å²) in [7, 11) is 3.03. The zero-order valence-corrected chi connectivity index (χ0v) is 13.9. The number of nitro groups is 1. The zero-order valence-electron chi connectivity index (χ0n) is 13.9. The van der Waals surface area contributed by atoms with Crippen molar-refractivity contribution >= 4 is 17.3 Å². The van der Waals surface area contributed by atoms with Crippen LogP contribution in [-0.4, -0.2) is 38.1 Å². The van der Waals surface area contributed by atoms with Crippen molar-refractivity contribution < 1.29 is 19.2 Å². The molecule has 0 unspecified atom stereocenters. The Hall–Kier alpha value is -3.29. The van der Waals surface area contributed by atoms with E-state index in [1.54, 1.807) is 37.4 Å². The smallest absolute Gasteiger partial charge is 0.269 e. The molecule has 8 nitrogen and oxygen atoms in total. The van der Waals surface area contributed by atoms with E-state index in [2.05, 4.69) is 10.6 Å². The normalized spacial score (nSPS) is 10.0. The number of ether oxygens (including phenoxy) is 2. The Morgan fingerprint density at radius 2 is 1.80 bits per heavy atom. The molecule has 2 rings (SSSR count). The van der Waals surface area contributed by atoms with E-state index >= 15 is 0 Å². The largest absolute Gasteiger partial charge is 0.497 e. The number of benzene rings is 2. The van der Waals surface area contributed by atoms with Gasteiger partial charge in [0.05, 0.1) is 24.7 Å². The minimum Gasteiger partial charge on any atom is -0.497 e. The van der Waals surface area contributed by atoms with E-state index in [-0.39, 0.29) is 11.6 Å². The fraction of sp³-hybridized carbons (Fsp3) is 0.235. The van der Waals surface area contributed by atoms with Crippen molar-refractivity contribution in [2.24, 2.45) is 0 Å². The van der Waals surface area contributed by atoms with Crippen molar-refractivity contribution in [3.63, 3.8) is 0 Å². The van der Waals surface area contributed by atoms with Gasteiger partial charge < -0.3 is 20.1 Å². The van der Waals surface area contributed by atoms with Crippen LogP contribution < -0.4 is 20.1 Å². The van der Waals surface area contributed by atoms with Crippen molar-refractivity contribution in [3.05, 3.63) is 58.1 Å². The molecule has 25 heavy (non-hydrogen) atoms. The fourth-order valence-electron chi connectivity index (χ4n) is 2.17. The summed E-state index contributed by atoms with van der Waals surface area (Å²) in [4.78, 5) is 22.4. The topological polar surface area (TPSA) is 103 Å². The summed E-state index contributed by atoms with van der Waals surface area (Å²) < 4.78 is 10.3. The average Bonchev–Trinajstić information content (AvgIpc) is 2.64. The van der Waals surface area contributed by atoms with Crippen LogP contribution in [0.5, 0.6) is 11.5 Å². The highest BCUT2D eigenvalue weighted by Gasteiger charge is 2.12. The van der Waals surface area contributed by atoms with Crippen LogP contribution in [-0.2, 0) is 0 Å². The average molecular weight is 345 g/mol. The van der Waals surface area contributed by atoms with E-state index in [1.165, 1.54) is 19.2 Å². The van der Waals surface area contributed by atoms with Crippen LogP contribution in [0.4, 0.5) is 11.4 Å². The molecule has 2 aromatic carbocycles. The lowest BCUT2D eigenvalue weighted by Crippen LogP contribution is -2.29. The molecule has 0 heterocycles. The molecule has 132 valence electrons. The van der Waals surface area contributed by atoms with E-state index < -0.39 is 4.92 Å². The molecule has 0 bridgehead atoms. The molecule has 0 aliphatic carbocycles. The summed E-state index contributed by atoms with van der Waals surface area (Å²) in [5.41, 5.74) is 1.19. The third-order valence-electron chi connectivity index (χ3n) is 3.47. The Balaban J connectivity index is 1.85. The van der Waals surface area contributed by atoms with Crippen molar-refractivity contribution in [1.29, 1.82) is 0 Å². The number of anilines is 1. The Kier molecular flexibility index (Phi) is 6.16. The Labute approximate surface area is 144 Å². The van der Waals surface area contributed by atoms with E-state index in [4.69, 9.17) is 9.47 Å². The maximum atomic E-state index is 12.2. The maximum Gasteiger partial charge on any atom is 0.269 e. The van der Waals surface area contributed by atoms with E-state index in [0.29, 0.717) is 30.2 Å². The van der Waals surface area contributed by atoms with Gasteiger partial charge in [0, 0.05) is 37.0 Å². The van der Waals surface area contributed by atoms with Gasteiger partial charge in [-0.3, -0.25) is 14.9 Å². The van der Waals surface area contributed by atoms with Gasteiger partial charge in [-0.25, -0.2) is 0 Å². The lowest BCUT2D eigenvalue weighted by Gasteiger charge is -2.11. The van der Waals surface area contributed by atoms with Gasteiger partial charge in [0.15, 0.2) is 0 Å². The third kappa shape index (κ3) is 4.84. The first-order chi connectivity index (χ1) is 12.0. The van der Waals surface area contributed by atoms with E-state index in [1.807, 2.05) is 0 Å². The highest BCUT2D eigenvalue weighted by atomic mass is 16.6. The molecule has 0 saturated carbocycles. The minimum absolute atomic E-state index is 0.0328. The van der Waals surface area contributed by atoms with Gasteiger partial charge in [-0.2, -0.15) is 0 Å². The highest BCUT2D eigenvalue weighted by Crippen LogP contribution is 2.24. The van der Waals surface area contributed by atoms with E-state index in [0.717, 1.165) is 5.69 Å². The number of methoxy groups -OCH3 is 2. The van der Waals surface area contributed by atoms with Crippen LogP contribution in [0.25, 0.3) is 0 Å². The second-order valence-corrected chi connectivity index (χ2v) is 5.05. The molecule has 0 radical (unpaired) electrons. The third-order valence-corrected chi connectivity index (χ3v) is 3.47. The van der Waals surface area contributed by atoms with Gasteiger partial charge in [0.25, 0.3) is 11.6 Å². The molecule has 0 atom stereocenters. The van der Waals surface area contributed by atoms with Crippen LogP contribution in [0.15, 0.2) is 42.5 Å². The highest BCUT2D eigenvalue weighted by molar-refractivity contribution is 5.97. The van der Waals surface area contributed by atoms with Crippen molar-refractivity contribution in [2.75, 3.05) is 32.6 Å². The summed E-state index contributed by atoms with van der Waals surface area (Å²) in [6.45, 7) is 0.854. The predicted octanol–water partition coefficient (Wildman–Crippen LogP) is 2.45. The van der Waals surface area contributed by atoms with Gasteiger partial charge in [-0.05, 0) is 24.3 Å². The van der Waals surface area contributed by atoms with Gasteiger partial charge in [-0.15, -0.1) is 0 Å². The summed E-state index contributed by atoms with van der Waals surface area (Å²) in [6, 6.07) is 11.0. The number of nitro benzene ring substituents is 1. The maximum absolute atomic E-state index is 12.2. The van der Waals surface area contributed by atoms with Gasteiger partial charge in [-0.1, -0.05) is 0 Å². The van der Waals surface area contributed by atoms with E-state index in [9.17, 15) is 14.9 Å². The summed E-state index contributed by atoms with van der Waals surface area (Å²) >= 11 is 0. The lowest BCUT2D eigenvalue weighted by molar-refractivity contribution is -0.384. The summed E-state index contributed by atoms with van der Waals surface area (Å²) in [5.74, 6) is 0.776. The lowest BCUT2D eigenvalue weighted by atomic mass is 10.1. The molecule has 2 N–H and O–H groups in total. The molecular weight excluding hydrogens is 326 g/mol. The Bertz CT molecular complexity index is 746.